The van der Waals surface area contributed by atoms with Gasteiger partial charge in [0.2, 0.25) is 0 Å². The van der Waals surface area contributed by atoms with Gasteiger partial charge in [-0.05, 0) is 31.0 Å². The molecule has 1 aromatic carbocycles. The zero-order valence-electron chi connectivity index (χ0n) is 8.53. The van der Waals surface area contributed by atoms with Crippen molar-refractivity contribution < 1.29 is 14.3 Å². The maximum Gasteiger partial charge on any atom is 0.314 e. The number of halogens is 1. The molecule has 0 aliphatic carbocycles. The molecule has 0 saturated carbocycles. The summed E-state index contributed by atoms with van der Waals surface area (Å²) < 4.78 is 12.7. The van der Waals surface area contributed by atoms with Crippen LogP contribution in [0.3, 0.4) is 0 Å². The lowest BCUT2D eigenvalue weighted by atomic mass is 9.79. The fourth-order valence-corrected chi connectivity index (χ4v) is 1.44. The van der Waals surface area contributed by atoms with Crippen LogP contribution in [0.1, 0.15) is 18.9 Å². The summed E-state index contributed by atoms with van der Waals surface area (Å²) in [7, 11) is 0. The molecule has 0 saturated heterocycles. The first-order valence-electron chi connectivity index (χ1n) is 4.61. The van der Waals surface area contributed by atoms with E-state index in [2.05, 4.69) is 6.58 Å². The van der Waals surface area contributed by atoms with Crippen LogP contribution in [0.2, 0.25) is 0 Å². The van der Waals surface area contributed by atoms with E-state index in [4.69, 9.17) is 5.11 Å². The summed E-state index contributed by atoms with van der Waals surface area (Å²) in [6.07, 6.45) is 1.87. The third-order valence-corrected chi connectivity index (χ3v) is 2.51. The van der Waals surface area contributed by atoms with Crippen LogP contribution in [0.15, 0.2) is 36.9 Å². The molecule has 1 N–H and O–H groups in total. The highest BCUT2D eigenvalue weighted by atomic mass is 19.1. The molecule has 0 aliphatic rings. The Morgan fingerprint density at radius 3 is 2.47 bits per heavy atom. The Morgan fingerprint density at radius 1 is 1.53 bits per heavy atom. The molecular weight excluding hydrogens is 195 g/mol. The molecule has 1 aromatic rings. The average molecular weight is 208 g/mol. The minimum atomic E-state index is -1.03. The van der Waals surface area contributed by atoms with E-state index in [0.717, 1.165) is 0 Å². The van der Waals surface area contributed by atoms with Crippen molar-refractivity contribution in [2.45, 2.75) is 18.8 Å². The lowest BCUT2D eigenvalue weighted by Crippen LogP contribution is -2.31. The van der Waals surface area contributed by atoms with Gasteiger partial charge in [-0.3, -0.25) is 4.79 Å². The zero-order valence-corrected chi connectivity index (χ0v) is 8.53. The first kappa shape index (κ1) is 11.4. The number of carboxylic acids is 1. The van der Waals surface area contributed by atoms with E-state index < -0.39 is 11.4 Å². The summed E-state index contributed by atoms with van der Waals surface area (Å²) in [4.78, 5) is 11.2. The molecule has 3 heteroatoms. The summed E-state index contributed by atoms with van der Waals surface area (Å²) in [6, 6.07) is 5.51. The predicted octanol–water partition coefficient (Wildman–Crippen LogP) is 2.74. The number of benzene rings is 1. The Morgan fingerprint density at radius 2 is 2.07 bits per heavy atom. The van der Waals surface area contributed by atoms with Gasteiger partial charge >= 0.3 is 5.97 Å². The van der Waals surface area contributed by atoms with Crippen molar-refractivity contribution in [3.63, 3.8) is 0 Å². The number of carbonyl (C=O) groups is 1. The number of aliphatic carboxylic acids is 1. The molecule has 0 radical (unpaired) electrons. The maximum absolute atomic E-state index is 12.7. The van der Waals surface area contributed by atoms with E-state index in [-0.39, 0.29) is 5.82 Å². The number of hydrogen-bond donors (Lipinski definition) is 1. The first-order chi connectivity index (χ1) is 7.00. The third-order valence-electron chi connectivity index (χ3n) is 2.51. The maximum atomic E-state index is 12.7. The smallest absolute Gasteiger partial charge is 0.314 e. The zero-order chi connectivity index (χ0) is 11.5. The second-order valence-corrected chi connectivity index (χ2v) is 3.64. The molecule has 0 fully saturated rings. The molecule has 2 nitrogen and oxygen atoms in total. The van der Waals surface area contributed by atoms with Crippen LogP contribution in [0.25, 0.3) is 0 Å². The molecule has 1 rings (SSSR count). The monoisotopic (exact) mass is 208 g/mol. The lowest BCUT2D eigenvalue weighted by molar-refractivity contribution is -0.143. The van der Waals surface area contributed by atoms with Gasteiger partial charge in [-0.15, -0.1) is 6.58 Å². The van der Waals surface area contributed by atoms with Gasteiger partial charge in [-0.25, -0.2) is 4.39 Å². The number of carboxylic acid groups (broad SMARTS) is 1. The fourth-order valence-electron chi connectivity index (χ4n) is 1.44. The number of hydrogen-bond acceptors (Lipinski definition) is 1. The SMILES string of the molecule is C=CCC(C)(C(=O)O)c1ccc(F)cc1. The Hall–Kier alpha value is -1.64. The molecule has 15 heavy (non-hydrogen) atoms. The molecule has 0 spiro atoms. The first-order valence-corrected chi connectivity index (χ1v) is 4.61. The van der Waals surface area contributed by atoms with E-state index in [0.29, 0.717) is 12.0 Å². The van der Waals surface area contributed by atoms with Crippen molar-refractivity contribution in [1.82, 2.24) is 0 Å². The van der Waals surface area contributed by atoms with Crippen LogP contribution in [0, 0.1) is 5.82 Å². The second kappa shape index (κ2) is 4.26. The number of allylic oxidation sites excluding steroid dienone is 1. The van der Waals surface area contributed by atoms with Crippen molar-refractivity contribution in [2.75, 3.05) is 0 Å². The Kier molecular flexibility index (Phi) is 3.24. The summed E-state index contributed by atoms with van der Waals surface area (Å²) in [5, 5.41) is 9.14. The van der Waals surface area contributed by atoms with E-state index >= 15 is 0 Å². The minimum Gasteiger partial charge on any atom is -0.481 e. The van der Waals surface area contributed by atoms with Gasteiger partial charge in [0, 0.05) is 0 Å². The highest BCUT2D eigenvalue weighted by molar-refractivity contribution is 5.81. The topological polar surface area (TPSA) is 37.3 Å². The van der Waals surface area contributed by atoms with E-state index in [1.54, 1.807) is 13.0 Å². The van der Waals surface area contributed by atoms with Crippen LogP contribution < -0.4 is 0 Å². The summed E-state index contributed by atoms with van der Waals surface area (Å²) in [5.74, 6) is -1.31. The van der Waals surface area contributed by atoms with Gasteiger partial charge in [0.15, 0.2) is 0 Å². The molecule has 0 aliphatic heterocycles. The van der Waals surface area contributed by atoms with Gasteiger partial charge in [0.25, 0.3) is 0 Å². The third kappa shape index (κ3) is 2.24. The van der Waals surface area contributed by atoms with Crippen molar-refractivity contribution in [3.05, 3.63) is 48.3 Å². The fraction of sp³-hybridized carbons (Fsp3) is 0.250. The van der Waals surface area contributed by atoms with E-state index in [1.165, 1.54) is 24.3 Å². The Labute approximate surface area is 88.1 Å². The van der Waals surface area contributed by atoms with Gasteiger partial charge in [0.05, 0.1) is 5.41 Å². The van der Waals surface area contributed by atoms with Crippen LogP contribution >= 0.6 is 0 Å². The predicted molar refractivity (Wildman–Crippen MR) is 56.2 cm³/mol. The van der Waals surface area contributed by atoms with Crippen molar-refractivity contribution >= 4 is 5.97 Å². The van der Waals surface area contributed by atoms with E-state index in [9.17, 15) is 9.18 Å². The van der Waals surface area contributed by atoms with Crippen LogP contribution in [0.4, 0.5) is 4.39 Å². The minimum absolute atomic E-state index is 0.313. The molecule has 0 amide bonds. The van der Waals surface area contributed by atoms with E-state index in [1.807, 2.05) is 0 Å². The van der Waals surface area contributed by atoms with Crippen molar-refractivity contribution in [2.24, 2.45) is 0 Å². The number of rotatable bonds is 4. The van der Waals surface area contributed by atoms with Crippen molar-refractivity contribution in [1.29, 1.82) is 0 Å². The molecule has 80 valence electrons. The highest BCUT2D eigenvalue weighted by Gasteiger charge is 2.33. The van der Waals surface area contributed by atoms with Crippen LogP contribution in [0.5, 0.6) is 0 Å². The van der Waals surface area contributed by atoms with Gasteiger partial charge in [0.1, 0.15) is 5.82 Å². The summed E-state index contributed by atoms with van der Waals surface area (Å²) in [6.45, 7) is 5.14. The van der Waals surface area contributed by atoms with Crippen LogP contribution in [-0.4, -0.2) is 11.1 Å². The molecular formula is C12H13FO2. The molecule has 1 atom stereocenters. The molecule has 0 bridgehead atoms. The Bertz CT molecular complexity index is 370. The normalized spacial score (nSPS) is 14.3. The largest absolute Gasteiger partial charge is 0.481 e. The molecule has 0 heterocycles. The average Bonchev–Trinajstić information content (AvgIpc) is 2.18. The van der Waals surface area contributed by atoms with Crippen LogP contribution in [-0.2, 0) is 10.2 Å². The standard InChI is InChI=1S/C12H13FO2/c1-3-8-12(2,11(14)15)9-4-6-10(13)7-5-9/h3-7H,1,8H2,2H3,(H,14,15). The second-order valence-electron chi connectivity index (χ2n) is 3.64. The molecule has 1 unspecified atom stereocenters. The van der Waals surface area contributed by atoms with Gasteiger partial charge in [-0.1, -0.05) is 18.2 Å². The highest BCUT2D eigenvalue weighted by Crippen LogP contribution is 2.28. The summed E-state index contributed by atoms with van der Waals surface area (Å²) >= 11 is 0. The van der Waals surface area contributed by atoms with Crippen molar-refractivity contribution in [3.8, 4) is 0 Å². The van der Waals surface area contributed by atoms with Gasteiger partial charge in [-0.2, -0.15) is 0 Å². The summed E-state index contributed by atoms with van der Waals surface area (Å²) in [5.41, 5.74) is -0.452. The molecule has 0 aromatic heterocycles. The quantitative estimate of drug-likeness (QED) is 0.772. The lowest BCUT2D eigenvalue weighted by Gasteiger charge is -2.23. The van der Waals surface area contributed by atoms with Gasteiger partial charge < -0.3 is 5.11 Å². The Balaban J connectivity index is 3.14.